The third-order valence-corrected chi connectivity index (χ3v) is 4.84. The third-order valence-electron chi connectivity index (χ3n) is 4.84. The maximum atomic E-state index is 13.0. The molecule has 0 radical (unpaired) electrons. The van der Waals surface area contributed by atoms with Gasteiger partial charge in [0.15, 0.2) is 0 Å². The molecule has 0 aromatic heterocycles. The Morgan fingerprint density at radius 1 is 0.966 bits per heavy atom. The van der Waals surface area contributed by atoms with E-state index in [0.29, 0.717) is 6.54 Å². The zero-order chi connectivity index (χ0) is 19.7. The van der Waals surface area contributed by atoms with Crippen LogP contribution in [0.4, 0.5) is 13.2 Å². The Bertz CT molecular complexity index is 1000. The van der Waals surface area contributed by atoms with Crippen LogP contribution in [-0.2, 0) is 12.7 Å². The van der Waals surface area contributed by atoms with E-state index in [1.807, 2.05) is 55.6 Å². The van der Waals surface area contributed by atoms with Crippen LogP contribution in [0.2, 0.25) is 0 Å². The molecule has 150 valence electrons. The predicted octanol–water partition coefficient (Wildman–Crippen LogP) is 6.41. The zero-order valence-electron chi connectivity index (χ0n) is 15.7. The molecule has 0 amide bonds. The second-order valence-electron chi connectivity index (χ2n) is 6.81. The van der Waals surface area contributed by atoms with Gasteiger partial charge in [-0.15, -0.1) is 17.0 Å². The number of nitrogens with zero attached hydrogens (tertiary/aromatic N) is 1. The minimum Gasteiger partial charge on any atom is -0.359 e. The van der Waals surface area contributed by atoms with Gasteiger partial charge in [0.05, 0.1) is 17.0 Å². The number of alkyl halides is 3. The third kappa shape index (κ3) is 4.32. The summed E-state index contributed by atoms with van der Waals surface area (Å²) in [7, 11) is 0. The maximum absolute atomic E-state index is 13.0. The van der Waals surface area contributed by atoms with Crippen molar-refractivity contribution < 1.29 is 13.2 Å². The van der Waals surface area contributed by atoms with Crippen molar-refractivity contribution in [2.45, 2.75) is 19.6 Å². The monoisotopic (exact) mass is 460 g/mol. The molecule has 0 fully saturated rings. The lowest BCUT2D eigenvalue weighted by Crippen LogP contribution is -2.27. The first-order valence-corrected chi connectivity index (χ1v) is 8.98. The van der Waals surface area contributed by atoms with E-state index < -0.39 is 11.7 Å². The summed E-state index contributed by atoms with van der Waals surface area (Å²) >= 11 is 0. The molecule has 2 nitrogen and oxygen atoms in total. The van der Waals surface area contributed by atoms with Gasteiger partial charge in [-0.2, -0.15) is 13.2 Å². The molecule has 2 aliphatic heterocycles. The van der Waals surface area contributed by atoms with Gasteiger partial charge in [0.25, 0.3) is 0 Å². The molecule has 0 unspecified atom stereocenters. The summed E-state index contributed by atoms with van der Waals surface area (Å²) < 4.78 is 39.0. The largest absolute Gasteiger partial charge is 0.416 e. The lowest BCUT2D eigenvalue weighted by Gasteiger charge is -2.34. The van der Waals surface area contributed by atoms with E-state index >= 15 is 0 Å². The van der Waals surface area contributed by atoms with Gasteiger partial charge in [-0.3, -0.25) is 0 Å². The van der Waals surface area contributed by atoms with Crippen LogP contribution >= 0.6 is 17.0 Å². The van der Waals surface area contributed by atoms with E-state index in [1.165, 1.54) is 12.1 Å². The van der Waals surface area contributed by atoms with Gasteiger partial charge in [0.2, 0.25) is 0 Å². The number of benzene rings is 2. The number of allylic oxidation sites excluding steroid dienone is 3. The van der Waals surface area contributed by atoms with E-state index in [1.54, 1.807) is 0 Å². The van der Waals surface area contributed by atoms with E-state index in [-0.39, 0.29) is 17.0 Å². The number of halogens is 4. The summed E-state index contributed by atoms with van der Waals surface area (Å²) in [6.45, 7) is 2.66. The second-order valence-corrected chi connectivity index (χ2v) is 6.81. The van der Waals surface area contributed by atoms with Gasteiger partial charge in [-0.25, -0.2) is 0 Å². The van der Waals surface area contributed by atoms with E-state index in [0.717, 1.165) is 45.8 Å². The average molecular weight is 461 g/mol. The van der Waals surface area contributed by atoms with Crippen molar-refractivity contribution >= 4 is 22.7 Å². The molecule has 2 heterocycles. The number of hydrogen-bond acceptors (Lipinski definition) is 2. The van der Waals surface area contributed by atoms with Crippen molar-refractivity contribution in [2.24, 2.45) is 0 Å². The van der Waals surface area contributed by atoms with Gasteiger partial charge in [0, 0.05) is 30.1 Å². The topological polar surface area (TPSA) is 15.3 Å². The van der Waals surface area contributed by atoms with E-state index in [4.69, 9.17) is 0 Å². The van der Waals surface area contributed by atoms with Crippen molar-refractivity contribution in [2.75, 3.05) is 0 Å². The molecule has 2 aromatic carbocycles. The highest BCUT2D eigenvalue weighted by atomic mass is 79.9. The van der Waals surface area contributed by atoms with Crippen LogP contribution in [0.25, 0.3) is 5.70 Å². The summed E-state index contributed by atoms with van der Waals surface area (Å²) in [5.41, 5.74) is 5.11. The Labute approximate surface area is 178 Å². The smallest absolute Gasteiger partial charge is 0.359 e. The van der Waals surface area contributed by atoms with Crippen molar-refractivity contribution in [3.63, 3.8) is 0 Å². The first kappa shape index (κ1) is 21.0. The second kappa shape index (κ2) is 8.33. The van der Waals surface area contributed by atoms with Crippen LogP contribution in [0, 0.1) is 0 Å². The van der Waals surface area contributed by atoms with Crippen LogP contribution < -0.4 is 5.32 Å². The normalized spacial score (nSPS) is 15.8. The van der Waals surface area contributed by atoms with Gasteiger partial charge in [-0.1, -0.05) is 48.5 Å². The highest BCUT2D eigenvalue weighted by molar-refractivity contribution is 8.93. The Kier molecular flexibility index (Phi) is 6.03. The summed E-state index contributed by atoms with van der Waals surface area (Å²) in [6, 6.07) is 15.3. The predicted molar refractivity (Wildman–Crippen MR) is 115 cm³/mol. The highest BCUT2D eigenvalue weighted by Gasteiger charge is 2.31. The minimum absolute atomic E-state index is 0. The molecule has 0 saturated heterocycles. The molecule has 0 atom stereocenters. The summed E-state index contributed by atoms with van der Waals surface area (Å²) in [4.78, 5) is 2.09. The number of rotatable bonds is 3. The molecule has 4 rings (SSSR count). The fourth-order valence-corrected chi connectivity index (χ4v) is 3.50. The molecule has 1 N–H and O–H groups in total. The number of nitrogens with one attached hydrogen (secondary N) is 1. The van der Waals surface area contributed by atoms with Crippen molar-refractivity contribution in [1.82, 2.24) is 10.2 Å². The van der Waals surface area contributed by atoms with Crippen molar-refractivity contribution in [1.29, 1.82) is 0 Å². The lowest BCUT2D eigenvalue weighted by atomic mass is 9.93. The number of dihydropyridines is 1. The molecule has 2 aliphatic rings. The van der Waals surface area contributed by atoms with E-state index in [9.17, 15) is 13.2 Å². The SMILES string of the molecule is Br.CC1=CN(Cc2ccccc2)C(c2ccc(C(F)(F)F)cc2)=C2NC=CC=C12. The molecule has 0 spiro atoms. The molecule has 0 aliphatic carbocycles. The number of hydrogen-bond donors (Lipinski definition) is 1. The molecule has 29 heavy (non-hydrogen) atoms. The Balaban J connectivity index is 0.00000240. The molecule has 0 bridgehead atoms. The number of fused-ring (bicyclic) bond motifs is 1. The van der Waals surface area contributed by atoms with Gasteiger partial charge in [-0.05, 0) is 36.3 Å². The van der Waals surface area contributed by atoms with Crippen LogP contribution in [0.5, 0.6) is 0 Å². The first-order valence-electron chi connectivity index (χ1n) is 8.98. The minimum atomic E-state index is -4.35. The quantitative estimate of drug-likeness (QED) is 0.568. The van der Waals surface area contributed by atoms with Gasteiger partial charge >= 0.3 is 6.18 Å². The Hall–Kier alpha value is -2.73. The molecular weight excluding hydrogens is 441 g/mol. The van der Waals surface area contributed by atoms with E-state index in [2.05, 4.69) is 16.4 Å². The van der Waals surface area contributed by atoms with Gasteiger partial charge in [0.1, 0.15) is 0 Å². The first-order chi connectivity index (χ1) is 13.4. The summed E-state index contributed by atoms with van der Waals surface area (Å²) in [5, 5.41) is 3.29. The van der Waals surface area contributed by atoms with Crippen LogP contribution in [-0.4, -0.2) is 4.90 Å². The average Bonchev–Trinajstić information content (AvgIpc) is 2.69. The molecular formula is C23H20BrF3N2. The Morgan fingerprint density at radius 2 is 1.66 bits per heavy atom. The fourth-order valence-electron chi connectivity index (χ4n) is 3.50. The zero-order valence-corrected chi connectivity index (χ0v) is 17.4. The lowest BCUT2D eigenvalue weighted by molar-refractivity contribution is -0.137. The summed E-state index contributed by atoms with van der Waals surface area (Å²) in [6.07, 6.45) is 3.48. The molecule has 2 aromatic rings. The standard InChI is InChI=1S/C23H19F3N2.BrH/c1-16-14-28(15-17-6-3-2-4-7-17)22(21-20(16)8-5-13-27-21)18-9-11-19(12-10-18)23(24,25)26;/h2-14,27H,15H2,1H3;1H. The fraction of sp³-hybridized carbons (Fsp3) is 0.130. The van der Waals surface area contributed by atoms with Crippen molar-refractivity contribution in [3.05, 3.63) is 113 Å². The maximum Gasteiger partial charge on any atom is 0.416 e. The Morgan fingerprint density at radius 3 is 2.31 bits per heavy atom. The molecule has 0 saturated carbocycles. The van der Waals surface area contributed by atoms with Crippen LogP contribution in [0.15, 0.2) is 96.0 Å². The highest BCUT2D eigenvalue weighted by Crippen LogP contribution is 2.38. The summed E-state index contributed by atoms with van der Waals surface area (Å²) in [5.74, 6) is 0. The van der Waals surface area contributed by atoms with Crippen LogP contribution in [0.1, 0.15) is 23.6 Å². The van der Waals surface area contributed by atoms with Crippen molar-refractivity contribution in [3.8, 4) is 0 Å². The van der Waals surface area contributed by atoms with Gasteiger partial charge < -0.3 is 10.2 Å². The van der Waals surface area contributed by atoms with Crippen LogP contribution in [0.3, 0.4) is 0 Å². The molecule has 6 heteroatoms.